The van der Waals surface area contributed by atoms with Gasteiger partial charge in [0.2, 0.25) is 0 Å². The molecule has 0 heterocycles. The summed E-state index contributed by atoms with van der Waals surface area (Å²) in [5.41, 5.74) is 0. The summed E-state index contributed by atoms with van der Waals surface area (Å²) in [5.74, 6) is -1.97. The van der Waals surface area contributed by atoms with Gasteiger partial charge in [0.1, 0.15) is 6.61 Å². The first-order chi connectivity index (χ1) is 3.12. The molecule has 0 aromatic carbocycles. The maximum absolute atomic E-state index is 9.68. The molecule has 1 radical (unpaired) electrons. The molecular weight excluding hydrogens is 96.0 g/mol. The van der Waals surface area contributed by atoms with Gasteiger partial charge < -0.3 is 10.2 Å². The van der Waals surface area contributed by atoms with Crippen LogP contribution in [0.15, 0.2) is 0 Å². The summed E-state index contributed by atoms with van der Waals surface area (Å²) in [6.07, 6.45) is 0.0938. The molecule has 0 aliphatic carbocycles. The van der Waals surface area contributed by atoms with Crippen molar-refractivity contribution in [3.05, 3.63) is 0 Å². The van der Waals surface area contributed by atoms with E-state index < -0.39 is 12.4 Å². The summed E-state index contributed by atoms with van der Waals surface area (Å²) in [7, 11) is 0. The van der Waals surface area contributed by atoms with E-state index in [9.17, 15) is 5.11 Å². The van der Waals surface area contributed by atoms with Crippen LogP contribution in [0.2, 0.25) is 0 Å². The molecule has 0 aromatic rings. The van der Waals surface area contributed by atoms with E-state index in [1.165, 1.54) is 6.92 Å². The van der Waals surface area contributed by atoms with E-state index >= 15 is 0 Å². The highest BCUT2D eigenvalue weighted by Crippen LogP contribution is 2.00. The molecule has 2 N–H and O–H groups in total. The second kappa shape index (κ2) is 2.26. The lowest BCUT2D eigenvalue weighted by molar-refractivity contribution is -0.199. The molecule has 0 aliphatic heterocycles. The fourth-order valence-corrected chi connectivity index (χ4v) is 0.102. The lowest BCUT2D eigenvalue weighted by Crippen LogP contribution is -2.30. The summed E-state index contributed by atoms with van der Waals surface area (Å²) in [4.78, 5) is 0. The van der Waals surface area contributed by atoms with E-state index in [1.54, 1.807) is 0 Å². The van der Waals surface area contributed by atoms with Crippen molar-refractivity contribution in [2.24, 2.45) is 0 Å². The largest absolute Gasteiger partial charge is 0.364 e. The molecule has 43 valence electrons. The second-order valence-electron chi connectivity index (χ2n) is 1.48. The molecule has 0 saturated carbocycles. The predicted octanol–water partition coefficient (Wildman–Crippen LogP) is -0.492. The Bertz CT molecular complexity index is 44.9. The number of aliphatic hydroxyl groups is 2. The Morgan fingerprint density at radius 3 is 2.00 bits per heavy atom. The Hall–Kier alpha value is -0.120. The van der Waals surface area contributed by atoms with Gasteiger partial charge in [-0.15, -0.1) is 0 Å². The van der Waals surface area contributed by atoms with Crippen LogP contribution < -0.4 is 0 Å². The Kier molecular flexibility index (Phi) is 2.22. The zero-order chi connectivity index (χ0) is 5.91. The summed E-state index contributed by atoms with van der Waals surface area (Å²) in [5, 5.41) is 26.4. The maximum Gasteiger partial charge on any atom is 0.189 e. The minimum Gasteiger partial charge on any atom is -0.364 e. The topological polar surface area (TPSA) is 60.4 Å². The third kappa shape index (κ3) is 2.56. The third-order valence-electron chi connectivity index (χ3n) is 0.797. The molecule has 7 heavy (non-hydrogen) atoms. The Morgan fingerprint density at radius 2 is 2.00 bits per heavy atom. The van der Waals surface area contributed by atoms with Gasteiger partial charge in [-0.2, -0.15) is 0 Å². The highest BCUT2D eigenvalue weighted by Gasteiger charge is 2.18. The zero-order valence-electron chi connectivity index (χ0n) is 4.22. The quantitative estimate of drug-likeness (QED) is 0.465. The van der Waals surface area contributed by atoms with Crippen molar-refractivity contribution in [3.63, 3.8) is 0 Å². The van der Waals surface area contributed by atoms with Crippen molar-refractivity contribution < 1.29 is 15.3 Å². The summed E-state index contributed by atoms with van der Waals surface area (Å²) < 4.78 is 0. The predicted molar refractivity (Wildman–Crippen MR) is 23.0 cm³/mol. The molecule has 0 atom stereocenters. The van der Waals surface area contributed by atoms with Gasteiger partial charge in [0.25, 0.3) is 0 Å². The molecule has 0 aliphatic rings. The molecule has 0 rings (SSSR count). The zero-order valence-corrected chi connectivity index (χ0v) is 4.22. The summed E-state index contributed by atoms with van der Waals surface area (Å²) >= 11 is 0. The first-order valence-corrected chi connectivity index (χ1v) is 2.15. The third-order valence-corrected chi connectivity index (χ3v) is 0.797. The molecule has 3 nitrogen and oxygen atoms in total. The van der Waals surface area contributed by atoms with Gasteiger partial charge in [0, 0.05) is 6.42 Å². The van der Waals surface area contributed by atoms with E-state index in [0.717, 1.165) is 0 Å². The van der Waals surface area contributed by atoms with E-state index in [0.29, 0.717) is 0 Å². The van der Waals surface area contributed by atoms with Gasteiger partial charge in [-0.3, -0.25) is 0 Å². The second-order valence-corrected chi connectivity index (χ2v) is 1.48. The molecule has 0 bridgehead atoms. The highest BCUT2D eigenvalue weighted by atomic mass is 16.5. The molecule has 0 fully saturated rings. The van der Waals surface area contributed by atoms with Crippen LogP contribution in [0.4, 0.5) is 0 Å². The smallest absolute Gasteiger partial charge is 0.189 e. The van der Waals surface area contributed by atoms with E-state index in [2.05, 4.69) is 0 Å². The monoisotopic (exact) mass is 105 g/mol. The molecule has 0 aromatic heterocycles. The number of hydrogen-bond acceptors (Lipinski definition) is 2. The van der Waals surface area contributed by atoms with Crippen LogP contribution in [0.25, 0.3) is 0 Å². The molecule has 0 saturated heterocycles. The van der Waals surface area contributed by atoms with Crippen molar-refractivity contribution in [1.29, 1.82) is 0 Å². The molecule has 0 spiro atoms. The van der Waals surface area contributed by atoms with Crippen LogP contribution in [0.3, 0.4) is 0 Å². The summed E-state index contributed by atoms with van der Waals surface area (Å²) in [6, 6.07) is 0. The van der Waals surface area contributed by atoms with Crippen LogP contribution in [0.5, 0.6) is 0 Å². The lowest BCUT2D eigenvalue weighted by Gasteiger charge is -2.13. The molecule has 0 amide bonds. The van der Waals surface area contributed by atoms with Crippen LogP contribution in [0.1, 0.15) is 13.3 Å². The Balaban J connectivity index is 3.36. The van der Waals surface area contributed by atoms with Crippen molar-refractivity contribution >= 4 is 0 Å². The minimum atomic E-state index is -1.97. The van der Waals surface area contributed by atoms with Crippen LogP contribution in [-0.2, 0) is 5.11 Å². The van der Waals surface area contributed by atoms with Gasteiger partial charge in [-0.05, 0) is 0 Å². The van der Waals surface area contributed by atoms with Gasteiger partial charge >= 0.3 is 0 Å². The average molecular weight is 105 g/mol. The number of rotatable bonds is 2. The average Bonchev–Trinajstić information content (AvgIpc) is 1.68. The highest BCUT2D eigenvalue weighted by molar-refractivity contribution is 4.56. The normalized spacial score (nSPS) is 12.0. The maximum atomic E-state index is 9.68. The van der Waals surface area contributed by atoms with Crippen molar-refractivity contribution in [3.8, 4) is 0 Å². The first kappa shape index (κ1) is 6.88. The van der Waals surface area contributed by atoms with Gasteiger partial charge in [-0.1, -0.05) is 6.92 Å². The van der Waals surface area contributed by atoms with Crippen molar-refractivity contribution in [2.45, 2.75) is 19.1 Å². The standard InChI is InChI=1S/C4H9O3/c1-2-4(6,7)3-5/h6-7H,2-3H2,1H3. The van der Waals surface area contributed by atoms with E-state index in [-0.39, 0.29) is 6.42 Å². The van der Waals surface area contributed by atoms with Gasteiger partial charge in [0.15, 0.2) is 5.79 Å². The van der Waals surface area contributed by atoms with Crippen LogP contribution in [-0.4, -0.2) is 22.6 Å². The fourth-order valence-electron chi connectivity index (χ4n) is 0.102. The van der Waals surface area contributed by atoms with E-state index in [1.807, 2.05) is 0 Å². The fraction of sp³-hybridized carbons (Fsp3) is 1.00. The first-order valence-electron chi connectivity index (χ1n) is 2.15. The van der Waals surface area contributed by atoms with Gasteiger partial charge in [0.05, 0.1) is 0 Å². The lowest BCUT2D eigenvalue weighted by atomic mass is 10.2. The van der Waals surface area contributed by atoms with E-state index in [4.69, 9.17) is 10.2 Å². The Morgan fingerprint density at radius 1 is 1.57 bits per heavy atom. The number of hydrogen-bond donors (Lipinski definition) is 2. The molecule has 3 heteroatoms. The van der Waals surface area contributed by atoms with Crippen molar-refractivity contribution in [2.75, 3.05) is 6.61 Å². The van der Waals surface area contributed by atoms with Crippen molar-refractivity contribution in [1.82, 2.24) is 0 Å². The summed E-state index contributed by atoms with van der Waals surface area (Å²) in [6.45, 7) is 0.696. The molecule has 0 unspecified atom stereocenters. The van der Waals surface area contributed by atoms with Crippen LogP contribution in [0, 0.1) is 0 Å². The Labute approximate surface area is 42.2 Å². The van der Waals surface area contributed by atoms with Crippen LogP contribution >= 0.6 is 0 Å². The SMILES string of the molecule is CCC(O)(O)C[O]. The molecular formula is C4H9O3. The van der Waals surface area contributed by atoms with Gasteiger partial charge in [-0.25, -0.2) is 5.11 Å². The minimum absolute atomic E-state index is 0.0938.